The minimum Gasteiger partial charge on any atom is -0.493 e. The second kappa shape index (κ2) is 6.44. The topological polar surface area (TPSA) is 66.5 Å². The van der Waals surface area contributed by atoms with Crippen LogP contribution in [0.15, 0.2) is 23.3 Å². The summed E-state index contributed by atoms with van der Waals surface area (Å²) in [5.74, 6) is 1.26. The fourth-order valence-electron chi connectivity index (χ4n) is 2.90. The molecule has 1 aliphatic carbocycles. The van der Waals surface area contributed by atoms with Crippen molar-refractivity contribution in [3.05, 3.63) is 29.5 Å². The van der Waals surface area contributed by atoms with Crippen molar-refractivity contribution >= 4 is 22.5 Å². The first-order chi connectivity index (χ1) is 11.0. The van der Waals surface area contributed by atoms with E-state index in [-0.39, 0.29) is 5.91 Å². The molecule has 2 aromatic rings. The van der Waals surface area contributed by atoms with Crippen molar-refractivity contribution in [2.24, 2.45) is 11.0 Å². The quantitative estimate of drug-likeness (QED) is 0.850. The highest BCUT2D eigenvalue weighted by atomic mass is 16.5. The van der Waals surface area contributed by atoms with Gasteiger partial charge in [-0.25, -0.2) is 5.43 Å². The van der Waals surface area contributed by atoms with Crippen molar-refractivity contribution in [3.8, 4) is 5.75 Å². The predicted octanol–water partition coefficient (Wildman–Crippen LogP) is 3.38. The van der Waals surface area contributed by atoms with E-state index < -0.39 is 0 Å². The Kier molecular flexibility index (Phi) is 4.37. The van der Waals surface area contributed by atoms with Gasteiger partial charge in [0.15, 0.2) is 0 Å². The monoisotopic (exact) mass is 313 g/mol. The second-order valence-corrected chi connectivity index (χ2v) is 6.47. The van der Waals surface area contributed by atoms with Crippen molar-refractivity contribution < 1.29 is 9.53 Å². The van der Waals surface area contributed by atoms with E-state index in [1.807, 2.05) is 6.07 Å². The average Bonchev–Trinajstić information content (AvgIpc) is 2.89. The Morgan fingerprint density at radius 1 is 1.39 bits per heavy atom. The minimum atomic E-state index is -0.148. The van der Waals surface area contributed by atoms with Crippen LogP contribution in [-0.4, -0.2) is 23.2 Å². The highest BCUT2D eigenvalue weighted by Crippen LogP contribution is 2.31. The number of rotatable bonds is 4. The van der Waals surface area contributed by atoms with Crippen LogP contribution in [0.5, 0.6) is 5.75 Å². The van der Waals surface area contributed by atoms with Gasteiger partial charge in [-0.15, -0.1) is 0 Å². The first-order valence-corrected chi connectivity index (χ1v) is 8.15. The van der Waals surface area contributed by atoms with Crippen LogP contribution in [0.2, 0.25) is 0 Å². The number of aromatic nitrogens is 1. The molecule has 0 unspecified atom stereocenters. The van der Waals surface area contributed by atoms with Crippen molar-refractivity contribution in [2.45, 2.75) is 40.0 Å². The van der Waals surface area contributed by atoms with Gasteiger partial charge in [0.1, 0.15) is 5.75 Å². The normalized spacial score (nSPS) is 15.9. The van der Waals surface area contributed by atoms with Gasteiger partial charge >= 0.3 is 0 Å². The zero-order valence-electron chi connectivity index (χ0n) is 13.9. The number of hydrogen-bond donors (Lipinski definition) is 2. The van der Waals surface area contributed by atoms with E-state index in [2.05, 4.69) is 41.5 Å². The maximum Gasteiger partial charge on any atom is 0.236 e. The molecule has 5 heteroatoms. The highest BCUT2D eigenvalue weighted by molar-refractivity contribution is 6.06. The molecule has 5 nitrogen and oxygen atoms in total. The Hall–Kier alpha value is -2.30. The zero-order chi connectivity index (χ0) is 16.4. The predicted molar refractivity (Wildman–Crippen MR) is 91.9 cm³/mol. The van der Waals surface area contributed by atoms with E-state index in [0.717, 1.165) is 41.9 Å². The molecule has 0 saturated carbocycles. The number of H-pyrrole nitrogens is 1. The molecule has 23 heavy (non-hydrogen) atoms. The fourth-order valence-corrected chi connectivity index (χ4v) is 2.90. The van der Waals surface area contributed by atoms with Crippen LogP contribution in [0, 0.1) is 5.92 Å². The molecule has 0 saturated heterocycles. The Morgan fingerprint density at radius 2 is 2.22 bits per heavy atom. The second-order valence-electron chi connectivity index (χ2n) is 6.47. The number of benzene rings is 1. The van der Waals surface area contributed by atoms with Crippen LogP contribution in [-0.2, 0) is 11.2 Å². The zero-order valence-corrected chi connectivity index (χ0v) is 13.9. The molecule has 0 atom stereocenters. The molecule has 1 heterocycles. The molecule has 0 fully saturated rings. The smallest absolute Gasteiger partial charge is 0.236 e. The summed E-state index contributed by atoms with van der Waals surface area (Å²) in [5.41, 5.74) is 6.87. The Balaban J connectivity index is 1.96. The van der Waals surface area contributed by atoms with Gasteiger partial charge < -0.3 is 9.72 Å². The number of ether oxygens (including phenoxy) is 1. The maximum atomic E-state index is 11.1. The third-order valence-corrected chi connectivity index (χ3v) is 3.94. The molecule has 0 bridgehead atoms. The molecule has 0 radical (unpaired) electrons. The molecule has 1 aliphatic rings. The number of hydrogen-bond acceptors (Lipinski definition) is 3. The molecule has 122 valence electrons. The molecular formula is C18H23N3O2. The summed E-state index contributed by atoms with van der Waals surface area (Å²) >= 11 is 0. The molecule has 1 aromatic carbocycles. The molecule has 0 aliphatic heterocycles. The number of carbonyl (C=O) groups excluding carboxylic acids is 1. The number of amides is 1. The molecule has 0 spiro atoms. The third-order valence-electron chi connectivity index (χ3n) is 3.94. The minimum absolute atomic E-state index is 0.148. The summed E-state index contributed by atoms with van der Waals surface area (Å²) < 4.78 is 5.84. The van der Waals surface area contributed by atoms with Crippen LogP contribution >= 0.6 is 0 Å². The largest absolute Gasteiger partial charge is 0.493 e. The molecule has 3 rings (SSSR count). The van der Waals surface area contributed by atoms with Crippen molar-refractivity contribution in [1.29, 1.82) is 0 Å². The van der Waals surface area contributed by atoms with E-state index in [9.17, 15) is 4.79 Å². The van der Waals surface area contributed by atoms with Gasteiger partial charge in [-0.05, 0) is 48.9 Å². The number of nitrogens with one attached hydrogen (secondary N) is 2. The van der Waals surface area contributed by atoms with Crippen molar-refractivity contribution in [2.75, 3.05) is 6.61 Å². The average molecular weight is 313 g/mol. The van der Waals surface area contributed by atoms with E-state index in [1.165, 1.54) is 17.9 Å². The maximum absolute atomic E-state index is 11.1. The van der Waals surface area contributed by atoms with Gasteiger partial charge in [0, 0.05) is 17.8 Å². The van der Waals surface area contributed by atoms with Gasteiger partial charge in [-0.1, -0.05) is 13.8 Å². The summed E-state index contributed by atoms with van der Waals surface area (Å²) in [4.78, 5) is 14.5. The van der Waals surface area contributed by atoms with Crippen LogP contribution < -0.4 is 10.2 Å². The van der Waals surface area contributed by atoms with E-state index in [1.54, 1.807) is 0 Å². The highest BCUT2D eigenvalue weighted by Gasteiger charge is 2.21. The summed E-state index contributed by atoms with van der Waals surface area (Å²) in [6.07, 6.45) is 2.92. The first-order valence-electron chi connectivity index (χ1n) is 8.15. The van der Waals surface area contributed by atoms with Gasteiger partial charge in [0.05, 0.1) is 18.0 Å². The number of aromatic amines is 1. The van der Waals surface area contributed by atoms with Gasteiger partial charge in [-0.3, -0.25) is 4.79 Å². The standard InChI is InChI=1S/C18H23N3O2/c1-11(2)10-23-13-7-8-16-15(9-13)14-5-4-6-17(18(14)19-16)21-20-12(3)22/h7-9,11,19H,4-6,10H2,1-3H3,(H,20,22). The molecule has 1 aromatic heterocycles. The molecular weight excluding hydrogens is 290 g/mol. The number of hydrazone groups is 1. The number of fused-ring (bicyclic) bond motifs is 3. The van der Waals surface area contributed by atoms with Crippen molar-refractivity contribution in [1.82, 2.24) is 10.4 Å². The number of nitrogens with zero attached hydrogens (tertiary/aromatic N) is 1. The summed E-state index contributed by atoms with van der Waals surface area (Å²) in [6.45, 7) is 6.47. The van der Waals surface area contributed by atoms with Crippen LogP contribution in [0.1, 0.15) is 44.9 Å². The first kappa shape index (κ1) is 15.6. The lowest BCUT2D eigenvalue weighted by atomic mass is 9.94. The Bertz CT molecular complexity index is 759. The van der Waals surface area contributed by atoms with Crippen LogP contribution in [0.4, 0.5) is 0 Å². The van der Waals surface area contributed by atoms with Crippen molar-refractivity contribution in [3.63, 3.8) is 0 Å². The lowest BCUT2D eigenvalue weighted by Gasteiger charge is -2.14. The Labute approximate surface area is 136 Å². The summed E-state index contributed by atoms with van der Waals surface area (Å²) in [7, 11) is 0. The molecule has 2 N–H and O–H groups in total. The van der Waals surface area contributed by atoms with E-state index in [0.29, 0.717) is 12.5 Å². The van der Waals surface area contributed by atoms with Crippen LogP contribution in [0.25, 0.3) is 10.9 Å². The number of aryl methyl sites for hydroxylation is 1. The van der Waals surface area contributed by atoms with Gasteiger partial charge in [0.25, 0.3) is 0 Å². The van der Waals surface area contributed by atoms with E-state index in [4.69, 9.17) is 4.74 Å². The number of carbonyl (C=O) groups is 1. The fraction of sp³-hybridized carbons (Fsp3) is 0.444. The van der Waals surface area contributed by atoms with Gasteiger partial charge in [0.2, 0.25) is 5.91 Å². The van der Waals surface area contributed by atoms with Gasteiger partial charge in [-0.2, -0.15) is 5.10 Å². The Morgan fingerprint density at radius 3 is 2.96 bits per heavy atom. The lowest BCUT2D eigenvalue weighted by Crippen LogP contribution is -2.19. The summed E-state index contributed by atoms with van der Waals surface area (Å²) in [6, 6.07) is 6.16. The lowest BCUT2D eigenvalue weighted by molar-refractivity contribution is -0.118. The third kappa shape index (κ3) is 3.38. The summed E-state index contributed by atoms with van der Waals surface area (Å²) in [5, 5.41) is 5.45. The molecule has 1 amide bonds. The van der Waals surface area contributed by atoms with Crippen LogP contribution in [0.3, 0.4) is 0 Å². The van der Waals surface area contributed by atoms with E-state index >= 15 is 0 Å². The SMILES string of the molecule is CC(=O)NN=C1CCCc2c1[nH]c1ccc(OCC(C)C)cc21.